The van der Waals surface area contributed by atoms with Gasteiger partial charge in [0.1, 0.15) is 11.6 Å². The number of carbonyl (C=O) groups excluding carboxylic acids is 1. The summed E-state index contributed by atoms with van der Waals surface area (Å²) >= 11 is 0. The van der Waals surface area contributed by atoms with E-state index in [1.807, 2.05) is 48.5 Å². The zero-order valence-electron chi connectivity index (χ0n) is 12.9. The summed E-state index contributed by atoms with van der Waals surface area (Å²) in [6.45, 7) is 0. The molecule has 1 N–H and O–H groups in total. The van der Waals surface area contributed by atoms with Crippen LogP contribution in [0.5, 0.6) is 0 Å². The Labute approximate surface area is 140 Å². The van der Waals surface area contributed by atoms with Gasteiger partial charge in [-0.2, -0.15) is 5.26 Å². The monoisotopic (exact) mass is 340 g/mol. The number of benzene rings is 2. The maximum Gasteiger partial charge on any atom is 0.262 e. The molecule has 5 nitrogen and oxygen atoms in total. The molecule has 1 aliphatic rings. The zero-order valence-corrected chi connectivity index (χ0v) is 13.7. The van der Waals surface area contributed by atoms with Gasteiger partial charge in [-0.25, -0.2) is 8.42 Å². The van der Waals surface area contributed by atoms with Crippen LogP contribution in [0.1, 0.15) is 12.0 Å². The van der Waals surface area contributed by atoms with E-state index in [4.69, 9.17) is 0 Å². The maximum atomic E-state index is 12.3. The lowest BCUT2D eigenvalue weighted by Gasteiger charge is -2.10. The SMILES string of the molecule is N#C/C(=C\c1cccc2ccccc12)C(=O)N[C@@H]1CCS(=O)(=O)C1. The minimum Gasteiger partial charge on any atom is -0.348 e. The second-order valence-electron chi connectivity index (χ2n) is 5.81. The predicted octanol–water partition coefficient (Wildman–Crippen LogP) is 2.05. The highest BCUT2D eigenvalue weighted by atomic mass is 32.2. The van der Waals surface area contributed by atoms with E-state index in [2.05, 4.69) is 5.32 Å². The minimum atomic E-state index is -3.08. The fourth-order valence-electron chi connectivity index (χ4n) is 2.85. The molecule has 1 heterocycles. The topological polar surface area (TPSA) is 87.0 Å². The average Bonchev–Trinajstić information content (AvgIpc) is 2.91. The van der Waals surface area contributed by atoms with E-state index < -0.39 is 21.8 Å². The first-order valence-electron chi connectivity index (χ1n) is 7.59. The second-order valence-corrected chi connectivity index (χ2v) is 8.04. The van der Waals surface area contributed by atoms with Gasteiger partial charge in [-0.15, -0.1) is 0 Å². The highest BCUT2D eigenvalue weighted by Gasteiger charge is 2.29. The fraction of sp³-hybridized carbons (Fsp3) is 0.222. The van der Waals surface area contributed by atoms with Crippen molar-refractivity contribution in [1.82, 2.24) is 5.32 Å². The van der Waals surface area contributed by atoms with Gasteiger partial charge in [-0.05, 0) is 28.8 Å². The van der Waals surface area contributed by atoms with Gasteiger partial charge >= 0.3 is 0 Å². The molecule has 0 bridgehead atoms. The predicted molar refractivity (Wildman–Crippen MR) is 92.7 cm³/mol. The molecule has 1 amide bonds. The Bertz CT molecular complexity index is 966. The Kier molecular flexibility index (Phi) is 4.36. The van der Waals surface area contributed by atoms with Gasteiger partial charge in [-0.1, -0.05) is 42.5 Å². The van der Waals surface area contributed by atoms with Gasteiger partial charge in [0.25, 0.3) is 5.91 Å². The lowest BCUT2D eigenvalue weighted by molar-refractivity contribution is -0.117. The molecule has 0 spiro atoms. The molecule has 2 aromatic rings. The number of hydrogen-bond acceptors (Lipinski definition) is 4. The Morgan fingerprint density at radius 1 is 1.21 bits per heavy atom. The van der Waals surface area contributed by atoms with E-state index >= 15 is 0 Å². The van der Waals surface area contributed by atoms with Gasteiger partial charge < -0.3 is 5.32 Å². The van der Waals surface area contributed by atoms with Crippen LogP contribution in [-0.4, -0.2) is 31.9 Å². The Hall–Kier alpha value is -2.65. The minimum absolute atomic E-state index is 0.0318. The van der Waals surface area contributed by atoms with E-state index in [1.165, 1.54) is 0 Å². The van der Waals surface area contributed by atoms with Crippen molar-refractivity contribution in [3.05, 3.63) is 53.6 Å². The van der Waals surface area contributed by atoms with E-state index in [0.29, 0.717) is 6.42 Å². The van der Waals surface area contributed by atoms with E-state index in [0.717, 1.165) is 16.3 Å². The van der Waals surface area contributed by atoms with Crippen LogP contribution in [0.25, 0.3) is 16.8 Å². The first-order chi connectivity index (χ1) is 11.5. The van der Waals surface area contributed by atoms with Crippen LogP contribution in [0, 0.1) is 11.3 Å². The number of rotatable bonds is 3. The molecule has 1 aliphatic heterocycles. The van der Waals surface area contributed by atoms with Crippen molar-refractivity contribution in [3.63, 3.8) is 0 Å². The average molecular weight is 340 g/mol. The molecule has 0 aliphatic carbocycles. The molecule has 0 unspecified atom stereocenters. The number of nitrogens with one attached hydrogen (secondary N) is 1. The normalized spacial score (nSPS) is 19.8. The highest BCUT2D eigenvalue weighted by Crippen LogP contribution is 2.21. The summed E-state index contributed by atoms with van der Waals surface area (Å²) in [5, 5.41) is 13.9. The molecule has 0 saturated carbocycles. The molecule has 6 heteroatoms. The van der Waals surface area contributed by atoms with Crippen LogP contribution >= 0.6 is 0 Å². The van der Waals surface area contributed by atoms with E-state index in [9.17, 15) is 18.5 Å². The first-order valence-corrected chi connectivity index (χ1v) is 9.41. The van der Waals surface area contributed by atoms with Crippen LogP contribution in [0.3, 0.4) is 0 Å². The molecule has 3 rings (SSSR count). The highest BCUT2D eigenvalue weighted by molar-refractivity contribution is 7.91. The summed E-state index contributed by atoms with van der Waals surface area (Å²) in [5.41, 5.74) is 0.745. The molecule has 1 fully saturated rings. The van der Waals surface area contributed by atoms with Gasteiger partial charge in [0.05, 0.1) is 11.5 Å². The van der Waals surface area contributed by atoms with Gasteiger partial charge in [0.2, 0.25) is 0 Å². The van der Waals surface area contributed by atoms with Crippen LogP contribution in [0.4, 0.5) is 0 Å². The number of amides is 1. The van der Waals surface area contributed by atoms with Crippen molar-refractivity contribution >= 4 is 32.6 Å². The van der Waals surface area contributed by atoms with E-state index in [1.54, 1.807) is 6.08 Å². The van der Waals surface area contributed by atoms with Crippen molar-refractivity contribution in [3.8, 4) is 6.07 Å². The number of carbonyl (C=O) groups is 1. The Morgan fingerprint density at radius 2 is 1.96 bits per heavy atom. The summed E-state index contributed by atoms with van der Waals surface area (Å²) < 4.78 is 22.9. The quantitative estimate of drug-likeness (QED) is 0.684. The van der Waals surface area contributed by atoms with E-state index in [-0.39, 0.29) is 17.1 Å². The summed E-state index contributed by atoms with van der Waals surface area (Å²) in [7, 11) is -3.08. The summed E-state index contributed by atoms with van der Waals surface area (Å²) in [4.78, 5) is 12.3. The second kappa shape index (κ2) is 6.46. The fourth-order valence-corrected chi connectivity index (χ4v) is 4.53. The number of nitriles is 1. The van der Waals surface area contributed by atoms with Crippen LogP contribution in [0.2, 0.25) is 0 Å². The molecular weight excluding hydrogens is 324 g/mol. The molecule has 122 valence electrons. The smallest absolute Gasteiger partial charge is 0.262 e. The number of hydrogen-bond donors (Lipinski definition) is 1. The summed E-state index contributed by atoms with van der Waals surface area (Å²) in [6.07, 6.45) is 1.93. The summed E-state index contributed by atoms with van der Waals surface area (Å²) in [5.74, 6) is -0.522. The molecule has 24 heavy (non-hydrogen) atoms. The molecular formula is C18H16N2O3S. The van der Waals surface area contributed by atoms with Crippen LogP contribution in [0.15, 0.2) is 48.0 Å². The molecule has 1 saturated heterocycles. The lowest BCUT2D eigenvalue weighted by Crippen LogP contribution is -2.36. The third-order valence-corrected chi connectivity index (χ3v) is 5.82. The van der Waals surface area contributed by atoms with Crippen LogP contribution < -0.4 is 5.32 Å². The zero-order chi connectivity index (χ0) is 17.2. The maximum absolute atomic E-state index is 12.3. The third-order valence-electron chi connectivity index (χ3n) is 4.06. The third kappa shape index (κ3) is 3.47. The standard InChI is InChI=1S/C18H16N2O3S/c19-11-15(18(21)20-16-8-9-24(22,23)12-16)10-14-6-3-5-13-4-1-2-7-17(13)14/h1-7,10,16H,8-9,12H2,(H,20,21)/b15-10+/t16-/m1/s1. The molecule has 0 aromatic heterocycles. The number of fused-ring (bicyclic) bond motifs is 1. The van der Waals surface area contributed by atoms with Crippen LogP contribution in [-0.2, 0) is 14.6 Å². The largest absolute Gasteiger partial charge is 0.348 e. The number of sulfone groups is 1. The Morgan fingerprint density at radius 3 is 2.67 bits per heavy atom. The molecule has 2 aromatic carbocycles. The van der Waals surface area contributed by atoms with Crippen molar-refractivity contribution in [2.75, 3.05) is 11.5 Å². The van der Waals surface area contributed by atoms with Gasteiger partial charge in [0.15, 0.2) is 9.84 Å². The van der Waals surface area contributed by atoms with Crippen molar-refractivity contribution in [2.24, 2.45) is 0 Å². The lowest BCUT2D eigenvalue weighted by atomic mass is 10.0. The summed E-state index contributed by atoms with van der Waals surface area (Å²) in [6, 6.07) is 14.9. The van der Waals surface area contributed by atoms with Crippen molar-refractivity contribution < 1.29 is 13.2 Å². The first kappa shape index (κ1) is 16.2. The van der Waals surface area contributed by atoms with Gasteiger partial charge in [0, 0.05) is 6.04 Å². The molecule has 1 atom stereocenters. The van der Waals surface area contributed by atoms with Crippen molar-refractivity contribution in [2.45, 2.75) is 12.5 Å². The Balaban J connectivity index is 1.86. The number of nitrogens with zero attached hydrogens (tertiary/aromatic N) is 1. The van der Waals surface area contributed by atoms with Gasteiger partial charge in [-0.3, -0.25) is 4.79 Å². The molecule has 0 radical (unpaired) electrons. The van der Waals surface area contributed by atoms with Crippen molar-refractivity contribution in [1.29, 1.82) is 5.26 Å².